The van der Waals surface area contributed by atoms with E-state index in [0.717, 1.165) is 5.56 Å². The Hall–Kier alpha value is -3.78. The van der Waals surface area contributed by atoms with Crippen molar-refractivity contribution in [2.45, 2.75) is 6.61 Å². The number of methoxy groups -OCH3 is 3. The van der Waals surface area contributed by atoms with Gasteiger partial charge in [0.2, 0.25) is 0 Å². The quantitative estimate of drug-likeness (QED) is 0.356. The number of ether oxygens (including phenoxy) is 4. The fraction of sp³-hybridized carbons (Fsp3) is 0.167. The summed E-state index contributed by atoms with van der Waals surface area (Å²) >= 11 is 6.36. The number of nitrogens with zero attached hydrogens (tertiary/aromatic N) is 1. The van der Waals surface area contributed by atoms with Gasteiger partial charge in [0.15, 0.2) is 23.0 Å². The number of halogens is 2. The second-order valence-electron chi connectivity index (χ2n) is 6.72. The Kier molecular flexibility index (Phi) is 8.10. The highest BCUT2D eigenvalue weighted by Gasteiger charge is 2.13. The molecule has 0 spiro atoms. The molecule has 3 aromatic carbocycles. The van der Waals surface area contributed by atoms with Crippen LogP contribution in [0.1, 0.15) is 21.5 Å². The summed E-state index contributed by atoms with van der Waals surface area (Å²) in [4.78, 5) is 12.4. The summed E-state index contributed by atoms with van der Waals surface area (Å²) in [5.74, 6) is 0.927. The summed E-state index contributed by atoms with van der Waals surface area (Å²) < 4.78 is 34.6. The lowest BCUT2D eigenvalue weighted by molar-refractivity contribution is 0.0954. The van der Waals surface area contributed by atoms with Gasteiger partial charge in [-0.3, -0.25) is 4.79 Å². The molecule has 0 aliphatic rings. The minimum absolute atomic E-state index is 0.186. The summed E-state index contributed by atoms with van der Waals surface area (Å²) in [7, 11) is 4.48. The van der Waals surface area contributed by atoms with E-state index in [4.69, 9.17) is 30.5 Å². The van der Waals surface area contributed by atoms with E-state index in [1.54, 1.807) is 42.5 Å². The monoisotopic (exact) mass is 472 g/mol. The highest BCUT2D eigenvalue weighted by Crippen LogP contribution is 2.36. The number of hydrogen-bond donors (Lipinski definition) is 1. The topological polar surface area (TPSA) is 78.4 Å². The third-order valence-corrected chi connectivity index (χ3v) is 4.85. The highest BCUT2D eigenvalue weighted by atomic mass is 35.5. The summed E-state index contributed by atoms with van der Waals surface area (Å²) in [6, 6.07) is 14.0. The molecule has 3 aromatic rings. The smallest absolute Gasteiger partial charge is 0.271 e. The van der Waals surface area contributed by atoms with Crippen molar-refractivity contribution in [2.75, 3.05) is 21.3 Å². The van der Waals surface area contributed by atoms with E-state index in [9.17, 15) is 9.18 Å². The van der Waals surface area contributed by atoms with Crippen LogP contribution in [0.25, 0.3) is 0 Å². The number of carbonyl (C=O) groups is 1. The molecule has 0 radical (unpaired) electrons. The number of hydrazone groups is 1. The maximum Gasteiger partial charge on any atom is 0.271 e. The fourth-order valence-corrected chi connectivity index (χ4v) is 3.17. The van der Waals surface area contributed by atoms with Crippen LogP contribution in [0.4, 0.5) is 4.39 Å². The van der Waals surface area contributed by atoms with E-state index < -0.39 is 5.91 Å². The van der Waals surface area contributed by atoms with Crippen molar-refractivity contribution in [3.05, 3.63) is 82.1 Å². The maximum absolute atomic E-state index is 13.1. The van der Waals surface area contributed by atoms with Crippen molar-refractivity contribution in [2.24, 2.45) is 5.10 Å². The van der Waals surface area contributed by atoms with E-state index in [1.165, 1.54) is 39.7 Å². The molecule has 0 aliphatic heterocycles. The second-order valence-corrected chi connectivity index (χ2v) is 7.13. The number of benzene rings is 3. The van der Waals surface area contributed by atoms with E-state index in [1.807, 2.05) is 0 Å². The van der Waals surface area contributed by atoms with Gasteiger partial charge < -0.3 is 18.9 Å². The van der Waals surface area contributed by atoms with Crippen LogP contribution in [0.5, 0.6) is 23.0 Å². The van der Waals surface area contributed by atoms with Crippen LogP contribution >= 0.6 is 11.6 Å². The van der Waals surface area contributed by atoms with Gasteiger partial charge in [0.25, 0.3) is 5.91 Å². The number of rotatable bonds is 9. The van der Waals surface area contributed by atoms with Gasteiger partial charge in [0.05, 0.1) is 32.6 Å². The first-order chi connectivity index (χ1) is 15.9. The Bertz CT molecular complexity index is 1150. The second kappa shape index (κ2) is 11.2. The molecule has 0 aliphatic carbocycles. The molecule has 3 rings (SSSR count). The molecule has 0 aromatic heterocycles. The van der Waals surface area contributed by atoms with Crippen molar-refractivity contribution in [3.8, 4) is 23.0 Å². The van der Waals surface area contributed by atoms with Crippen LogP contribution in [0, 0.1) is 5.82 Å². The number of carbonyl (C=O) groups excluding carboxylic acids is 1. The van der Waals surface area contributed by atoms with Crippen LogP contribution in [0.2, 0.25) is 5.02 Å². The molecule has 1 amide bonds. The molecular formula is C24H22ClFN2O5. The summed E-state index contributed by atoms with van der Waals surface area (Å²) in [6.07, 6.45) is 1.43. The number of hydrogen-bond acceptors (Lipinski definition) is 6. The predicted octanol–water partition coefficient (Wildman–Crippen LogP) is 4.85. The van der Waals surface area contributed by atoms with E-state index in [2.05, 4.69) is 10.5 Å². The van der Waals surface area contributed by atoms with Gasteiger partial charge in [-0.25, -0.2) is 9.82 Å². The molecule has 0 fully saturated rings. The lowest BCUT2D eigenvalue weighted by atomic mass is 10.2. The Labute approximate surface area is 195 Å². The van der Waals surface area contributed by atoms with Gasteiger partial charge >= 0.3 is 0 Å². The molecular weight excluding hydrogens is 451 g/mol. The molecule has 33 heavy (non-hydrogen) atoms. The van der Waals surface area contributed by atoms with Gasteiger partial charge in [0, 0.05) is 5.56 Å². The molecule has 0 unspecified atom stereocenters. The molecule has 0 atom stereocenters. The highest BCUT2D eigenvalue weighted by molar-refractivity contribution is 6.32. The molecule has 9 heteroatoms. The van der Waals surface area contributed by atoms with Crippen LogP contribution in [0.3, 0.4) is 0 Å². The van der Waals surface area contributed by atoms with E-state index in [-0.39, 0.29) is 12.4 Å². The Morgan fingerprint density at radius 2 is 1.67 bits per heavy atom. The largest absolute Gasteiger partial charge is 0.493 e. The Balaban J connectivity index is 1.68. The SMILES string of the molecule is COc1ccc(C(=O)N/N=C/c2cc(Cl)c(OCc3ccc(F)cc3)c(OC)c2)cc1OC. The predicted molar refractivity (Wildman–Crippen MR) is 123 cm³/mol. The number of amides is 1. The summed E-state index contributed by atoms with van der Waals surface area (Å²) in [5.41, 5.74) is 4.16. The maximum atomic E-state index is 13.1. The molecule has 0 bridgehead atoms. The van der Waals surface area contributed by atoms with Crippen LogP contribution in [-0.2, 0) is 6.61 Å². The standard InChI is InChI=1S/C24H22ClFN2O5/c1-30-20-9-6-17(12-21(20)31-2)24(29)28-27-13-16-10-19(25)23(22(11-16)32-3)33-14-15-4-7-18(26)8-5-15/h4-13H,14H2,1-3H3,(H,28,29)/b27-13+. The first-order valence-corrected chi connectivity index (χ1v) is 10.1. The fourth-order valence-electron chi connectivity index (χ4n) is 2.90. The normalized spacial score (nSPS) is 10.7. The minimum atomic E-state index is -0.426. The minimum Gasteiger partial charge on any atom is -0.493 e. The molecule has 0 saturated carbocycles. The van der Waals surface area contributed by atoms with Crippen LogP contribution in [-0.4, -0.2) is 33.5 Å². The van der Waals surface area contributed by atoms with E-state index in [0.29, 0.717) is 39.1 Å². The molecule has 1 N–H and O–H groups in total. The van der Waals surface area contributed by atoms with Crippen molar-refractivity contribution >= 4 is 23.7 Å². The zero-order valence-corrected chi connectivity index (χ0v) is 19.0. The lowest BCUT2D eigenvalue weighted by Crippen LogP contribution is -2.17. The van der Waals surface area contributed by atoms with Gasteiger partial charge in [-0.1, -0.05) is 23.7 Å². The zero-order valence-electron chi connectivity index (χ0n) is 18.2. The van der Waals surface area contributed by atoms with Gasteiger partial charge in [-0.05, 0) is 53.6 Å². The van der Waals surface area contributed by atoms with Crippen molar-refractivity contribution in [1.29, 1.82) is 0 Å². The van der Waals surface area contributed by atoms with Crippen molar-refractivity contribution < 1.29 is 28.1 Å². The van der Waals surface area contributed by atoms with Gasteiger partial charge in [-0.15, -0.1) is 0 Å². The van der Waals surface area contributed by atoms with Gasteiger partial charge in [0.1, 0.15) is 12.4 Å². The third-order valence-electron chi connectivity index (χ3n) is 4.57. The first-order valence-electron chi connectivity index (χ1n) is 9.75. The lowest BCUT2D eigenvalue weighted by Gasteiger charge is -2.13. The molecule has 172 valence electrons. The van der Waals surface area contributed by atoms with Crippen LogP contribution < -0.4 is 24.4 Å². The summed E-state index contributed by atoms with van der Waals surface area (Å²) in [5, 5.41) is 4.27. The number of nitrogens with one attached hydrogen (secondary N) is 1. The first kappa shape index (κ1) is 23.9. The third kappa shape index (κ3) is 6.14. The molecule has 0 heterocycles. The molecule has 0 saturated heterocycles. The zero-order chi connectivity index (χ0) is 23.8. The van der Waals surface area contributed by atoms with E-state index >= 15 is 0 Å². The Morgan fingerprint density at radius 3 is 2.33 bits per heavy atom. The Morgan fingerprint density at radius 1 is 0.970 bits per heavy atom. The summed E-state index contributed by atoms with van der Waals surface area (Å²) in [6.45, 7) is 0.186. The van der Waals surface area contributed by atoms with Crippen molar-refractivity contribution in [3.63, 3.8) is 0 Å². The van der Waals surface area contributed by atoms with Gasteiger partial charge in [-0.2, -0.15) is 5.10 Å². The average molecular weight is 473 g/mol. The van der Waals surface area contributed by atoms with Crippen LogP contribution in [0.15, 0.2) is 59.7 Å². The van der Waals surface area contributed by atoms with Crippen molar-refractivity contribution in [1.82, 2.24) is 5.43 Å². The molecule has 7 nitrogen and oxygen atoms in total. The average Bonchev–Trinajstić information content (AvgIpc) is 2.83.